The highest BCUT2D eigenvalue weighted by Crippen LogP contribution is 2.24. The Kier molecular flexibility index (Phi) is 3.90. The molecule has 2 N–H and O–H groups in total. The van der Waals surface area contributed by atoms with Gasteiger partial charge in [0.1, 0.15) is 0 Å². The van der Waals surface area contributed by atoms with Crippen molar-refractivity contribution in [3.63, 3.8) is 0 Å². The second-order valence-electron chi connectivity index (χ2n) is 6.50. The zero-order valence-electron chi connectivity index (χ0n) is 14.6. The average molecular weight is 378 g/mol. The number of carbonyl (C=O) groups excluding carboxylic acids is 1. The van der Waals surface area contributed by atoms with Crippen LogP contribution in [0.1, 0.15) is 10.5 Å². The number of para-hydroxylation sites is 2. The van der Waals surface area contributed by atoms with Gasteiger partial charge in [0.15, 0.2) is 5.69 Å². The number of hydrogen-bond donors (Lipinski definition) is 2. The predicted octanol–water partition coefficient (Wildman–Crippen LogP) is 2.98. The minimum absolute atomic E-state index is 0.0293. The molecule has 1 saturated heterocycles. The molecule has 1 aromatic carbocycles. The molecule has 0 aliphatic carbocycles. The number of aromatic nitrogens is 4. The highest BCUT2D eigenvalue weighted by molar-refractivity contribution is 7.13. The van der Waals surface area contributed by atoms with E-state index >= 15 is 0 Å². The first-order valence-electron chi connectivity index (χ1n) is 8.86. The molecule has 0 spiro atoms. The van der Waals surface area contributed by atoms with Crippen molar-refractivity contribution in [2.24, 2.45) is 0 Å². The number of aromatic amines is 2. The number of carbonyl (C=O) groups is 1. The summed E-state index contributed by atoms with van der Waals surface area (Å²) in [4.78, 5) is 25.9. The third-order valence-electron chi connectivity index (χ3n) is 4.83. The van der Waals surface area contributed by atoms with Crippen LogP contribution in [0.15, 0.2) is 47.8 Å². The molecule has 3 aromatic heterocycles. The summed E-state index contributed by atoms with van der Waals surface area (Å²) in [5, 5.41) is 9.19. The number of imidazole rings is 1. The van der Waals surface area contributed by atoms with Crippen LogP contribution in [0.2, 0.25) is 0 Å². The molecular formula is C19H18N6OS. The molecule has 0 bridgehead atoms. The summed E-state index contributed by atoms with van der Waals surface area (Å²) in [6.45, 7) is 2.79. The van der Waals surface area contributed by atoms with Crippen molar-refractivity contribution in [3.05, 3.63) is 53.5 Å². The Morgan fingerprint density at radius 3 is 2.70 bits per heavy atom. The number of rotatable bonds is 3. The minimum Gasteiger partial charge on any atom is -0.339 e. The van der Waals surface area contributed by atoms with Gasteiger partial charge < -0.3 is 14.8 Å². The molecule has 0 unspecified atom stereocenters. The highest BCUT2D eigenvalue weighted by atomic mass is 32.1. The molecule has 0 saturated carbocycles. The van der Waals surface area contributed by atoms with Crippen molar-refractivity contribution in [1.82, 2.24) is 25.1 Å². The fraction of sp³-hybridized carbons (Fsp3) is 0.211. The fourth-order valence-corrected chi connectivity index (χ4v) is 4.05. The molecule has 136 valence electrons. The standard InChI is InChI=1S/C19H18N6OS/c26-18(16-12-15(22-23-16)17-6-3-11-27-17)24-7-9-25(10-8-24)19-20-13-4-1-2-5-14(13)21-19/h1-6,11-12H,7-10H2,(H,20,21)(H,22,23). The van der Waals surface area contributed by atoms with Crippen molar-refractivity contribution in [1.29, 1.82) is 0 Å². The predicted molar refractivity (Wildman–Crippen MR) is 106 cm³/mol. The van der Waals surface area contributed by atoms with E-state index in [1.54, 1.807) is 11.3 Å². The van der Waals surface area contributed by atoms with Gasteiger partial charge in [-0.25, -0.2) is 4.98 Å². The van der Waals surface area contributed by atoms with Crippen molar-refractivity contribution in [2.75, 3.05) is 31.1 Å². The Labute approximate surface area is 159 Å². The molecule has 4 aromatic rings. The van der Waals surface area contributed by atoms with Gasteiger partial charge in [-0.2, -0.15) is 5.10 Å². The van der Waals surface area contributed by atoms with Crippen LogP contribution in [0.5, 0.6) is 0 Å². The van der Waals surface area contributed by atoms with Gasteiger partial charge in [-0.3, -0.25) is 9.89 Å². The monoisotopic (exact) mass is 378 g/mol. The molecule has 8 heteroatoms. The van der Waals surface area contributed by atoms with Crippen LogP contribution in [0, 0.1) is 0 Å². The first-order chi connectivity index (χ1) is 13.3. The third-order valence-corrected chi connectivity index (χ3v) is 5.73. The lowest BCUT2D eigenvalue weighted by Crippen LogP contribution is -2.49. The smallest absolute Gasteiger partial charge is 0.274 e. The van der Waals surface area contributed by atoms with Crippen LogP contribution >= 0.6 is 11.3 Å². The number of fused-ring (bicyclic) bond motifs is 1. The normalized spacial score (nSPS) is 14.8. The highest BCUT2D eigenvalue weighted by Gasteiger charge is 2.25. The summed E-state index contributed by atoms with van der Waals surface area (Å²) in [5.41, 5.74) is 3.34. The summed E-state index contributed by atoms with van der Waals surface area (Å²) >= 11 is 1.62. The SMILES string of the molecule is O=C(c1cc(-c2cccs2)[nH]n1)N1CCN(c2nc3ccccc3[nH]2)CC1. The first-order valence-corrected chi connectivity index (χ1v) is 9.74. The van der Waals surface area contributed by atoms with Crippen molar-refractivity contribution in [2.45, 2.75) is 0 Å². The third kappa shape index (κ3) is 2.97. The van der Waals surface area contributed by atoms with Crippen LogP contribution in [0.3, 0.4) is 0 Å². The molecule has 0 atom stereocenters. The molecule has 7 nitrogen and oxygen atoms in total. The van der Waals surface area contributed by atoms with Crippen LogP contribution < -0.4 is 4.90 Å². The number of amides is 1. The topological polar surface area (TPSA) is 80.9 Å². The van der Waals surface area contributed by atoms with E-state index in [9.17, 15) is 4.79 Å². The molecular weight excluding hydrogens is 360 g/mol. The van der Waals surface area contributed by atoms with Gasteiger partial charge in [0.05, 0.1) is 21.6 Å². The van der Waals surface area contributed by atoms with Crippen LogP contribution in [-0.4, -0.2) is 57.2 Å². The minimum atomic E-state index is -0.0293. The zero-order chi connectivity index (χ0) is 18.2. The molecule has 5 rings (SSSR count). The second kappa shape index (κ2) is 6.55. The fourth-order valence-electron chi connectivity index (χ4n) is 3.36. The van der Waals surface area contributed by atoms with Crippen LogP contribution in [0.25, 0.3) is 21.6 Å². The summed E-state index contributed by atoms with van der Waals surface area (Å²) in [5.74, 6) is 0.835. The Morgan fingerprint density at radius 1 is 1.07 bits per heavy atom. The number of anilines is 1. The zero-order valence-corrected chi connectivity index (χ0v) is 15.4. The molecule has 1 aliphatic rings. The van der Waals surface area contributed by atoms with Gasteiger partial charge >= 0.3 is 0 Å². The van der Waals surface area contributed by atoms with E-state index in [0.29, 0.717) is 18.8 Å². The number of hydrogen-bond acceptors (Lipinski definition) is 5. The van der Waals surface area contributed by atoms with Gasteiger partial charge in [0.25, 0.3) is 5.91 Å². The van der Waals surface area contributed by atoms with Crippen molar-refractivity contribution >= 4 is 34.2 Å². The Morgan fingerprint density at radius 2 is 1.93 bits per heavy atom. The lowest BCUT2D eigenvalue weighted by molar-refractivity contribution is 0.0740. The maximum absolute atomic E-state index is 12.8. The van der Waals surface area contributed by atoms with Crippen molar-refractivity contribution < 1.29 is 4.79 Å². The van der Waals surface area contributed by atoms with E-state index in [1.807, 2.05) is 52.7 Å². The van der Waals surface area contributed by atoms with Crippen LogP contribution in [0.4, 0.5) is 5.95 Å². The molecule has 1 aliphatic heterocycles. The molecule has 1 fully saturated rings. The molecule has 1 amide bonds. The van der Waals surface area contributed by atoms with Gasteiger partial charge in [0.2, 0.25) is 5.95 Å². The Hall–Kier alpha value is -3.13. The number of nitrogens with one attached hydrogen (secondary N) is 2. The largest absolute Gasteiger partial charge is 0.339 e. The number of thiophene rings is 1. The summed E-state index contributed by atoms with van der Waals surface area (Å²) in [6, 6.07) is 13.8. The second-order valence-corrected chi connectivity index (χ2v) is 7.45. The summed E-state index contributed by atoms with van der Waals surface area (Å²) in [6.07, 6.45) is 0. The number of piperazine rings is 1. The number of H-pyrrole nitrogens is 2. The van der Waals surface area contributed by atoms with E-state index < -0.39 is 0 Å². The molecule has 27 heavy (non-hydrogen) atoms. The van der Waals surface area contributed by atoms with E-state index in [1.165, 1.54) is 0 Å². The first kappa shape index (κ1) is 16.1. The van der Waals surface area contributed by atoms with E-state index in [0.717, 1.165) is 40.6 Å². The summed E-state index contributed by atoms with van der Waals surface area (Å²) in [7, 11) is 0. The van der Waals surface area contributed by atoms with Gasteiger partial charge in [0, 0.05) is 26.2 Å². The Bertz CT molecular complexity index is 1040. The lowest BCUT2D eigenvalue weighted by atomic mass is 10.2. The van der Waals surface area contributed by atoms with Gasteiger partial charge in [-0.05, 0) is 29.6 Å². The lowest BCUT2D eigenvalue weighted by Gasteiger charge is -2.34. The molecule has 4 heterocycles. The van der Waals surface area contributed by atoms with Crippen LogP contribution in [-0.2, 0) is 0 Å². The van der Waals surface area contributed by atoms with E-state index in [4.69, 9.17) is 0 Å². The number of benzene rings is 1. The maximum Gasteiger partial charge on any atom is 0.274 e. The quantitative estimate of drug-likeness (QED) is 0.574. The maximum atomic E-state index is 12.8. The summed E-state index contributed by atoms with van der Waals surface area (Å²) < 4.78 is 0. The van der Waals surface area contributed by atoms with E-state index in [-0.39, 0.29) is 5.91 Å². The molecule has 0 radical (unpaired) electrons. The number of nitrogens with zero attached hydrogens (tertiary/aromatic N) is 4. The van der Waals surface area contributed by atoms with E-state index in [2.05, 4.69) is 25.1 Å². The van der Waals surface area contributed by atoms with Gasteiger partial charge in [-0.15, -0.1) is 11.3 Å². The van der Waals surface area contributed by atoms with Crippen molar-refractivity contribution in [3.8, 4) is 10.6 Å². The average Bonchev–Trinajstić information content (AvgIpc) is 3.47. The Balaban J connectivity index is 1.26. The van der Waals surface area contributed by atoms with Gasteiger partial charge in [-0.1, -0.05) is 18.2 Å².